The molecule has 3 nitrogen and oxygen atoms in total. The van der Waals surface area contributed by atoms with E-state index in [0.29, 0.717) is 5.75 Å². The Labute approximate surface area is 162 Å². The van der Waals surface area contributed by atoms with Crippen LogP contribution in [0, 0.1) is 5.82 Å². The van der Waals surface area contributed by atoms with Crippen molar-refractivity contribution in [2.24, 2.45) is 0 Å². The van der Waals surface area contributed by atoms with Crippen molar-refractivity contribution in [2.45, 2.75) is 13.2 Å². The first-order chi connectivity index (χ1) is 13.2. The Morgan fingerprint density at radius 2 is 1.30 bits per heavy atom. The lowest BCUT2D eigenvalue weighted by atomic mass is 10.1. The minimum absolute atomic E-state index is 0.111. The Hall–Kier alpha value is -2.85. The maximum Gasteiger partial charge on any atom is 0.180 e. The maximum atomic E-state index is 14.3. The Kier molecular flexibility index (Phi) is 6.44. The average molecular weight is 385 g/mol. The standard InChI is InChI=1S/C22H18ClFO3/c23-13-20(25)18-11-21(26-14-16-7-3-1-4-8-16)22(12-19(18)24)27-15-17-9-5-2-6-10-17/h1-12H,13-15H2. The fourth-order valence-corrected chi connectivity index (χ4v) is 2.66. The third-order valence-corrected chi connectivity index (χ3v) is 4.17. The fourth-order valence-electron chi connectivity index (χ4n) is 2.52. The molecule has 0 fully saturated rings. The van der Waals surface area contributed by atoms with Gasteiger partial charge < -0.3 is 9.47 Å². The zero-order valence-corrected chi connectivity index (χ0v) is 15.3. The number of carbonyl (C=O) groups excluding carboxylic acids is 1. The van der Waals surface area contributed by atoms with E-state index in [-0.39, 0.29) is 30.4 Å². The fraction of sp³-hybridized carbons (Fsp3) is 0.136. The molecule has 0 amide bonds. The first kappa shape index (κ1) is 18.9. The van der Waals surface area contributed by atoms with Crippen LogP contribution in [-0.2, 0) is 13.2 Å². The van der Waals surface area contributed by atoms with Crippen molar-refractivity contribution in [1.82, 2.24) is 0 Å². The largest absolute Gasteiger partial charge is 0.485 e. The number of ether oxygens (including phenoxy) is 2. The monoisotopic (exact) mass is 384 g/mol. The molecule has 0 bridgehead atoms. The third-order valence-electron chi connectivity index (χ3n) is 3.93. The van der Waals surface area contributed by atoms with Gasteiger partial charge in [-0.25, -0.2) is 4.39 Å². The van der Waals surface area contributed by atoms with Crippen LogP contribution in [0.4, 0.5) is 4.39 Å². The van der Waals surface area contributed by atoms with Gasteiger partial charge in [-0.3, -0.25) is 4.79 Å². The molecule has 0 heterocycles. The van der Waals surface area contributed by atoms with E-state index in [0.717, 1.165) is 11.1 Å². The molecule has 0 unspecified atom stereocenters. The summed E-state index contributed by atoms with van der Waals surface area (Å²) in [5.41, 5.74) is 1.77. The van der Waals surface area contributed by atoms with Gasteiger partial charge in [0.2, 0.25) is 0 Å². The summed E-state index contributed by atoms with van der Waals surface area (Å²) in [6, 6.07) is 21.6. The van der Waals surface area contributed by atoms with E-state index >= 15 is 0 Å². The molecule has 0 N–H and O–H groups in total. The quantitative estimate of drug-likeness (QED) is 0.385. The number of carbonyl (C=O) groups is 1. The molecule has 0 aromatic heterocycles. The summed E-state index contributed by atoms with van der Waals surface area (Å²) < 4.78 is 25.9. The topological polar surface area (TPSA) is 35.5 Å². The van der Waals surface area contributed by atoms with Gasteiger partial charge in [-0.2, -0.15) is 0 Å². The summed E-state index contributed by atoms with van der Waals surface area (Å²) >= 11 is 5.58. The lowest BCUT2D eigenvalue weighted by Crippen LogP contribution is -2.07. The van der Waals surface area contributed by atoms with Crippen LogP contribution in [0.3, 0.4) is 0 Å². The highest BCUT2D eigenvalue weighted by atomic mass is 35.5. The highest BCUT2D eigenvalue weighted by Crippen LogP contribution is 2.32. The minimum Gasteiger partial charge on any atom is -0.485 e. The number of ketones is 1. The van der Waals surface area contributed by atoms with Gasteiger partial charge in [-0.1, -0.05) is 60.7 Å². The number of Topliss-reactive ketones (excluding diaryl/α,β-unsaturated/α-hetero) is 1. The highest BCUT2D eigenvalue weighted by Gasteiger charge is 2.17. The third kappa shape index (κ3) is 5.08. The van der Waals surface area contributed by atoms with Gasteiger partial charge in [-0.15, -0.1) is 11.6 Å². The van der Waals surface area contributed by atoms with Crippen molar-refractivity contribution in [1.29, 1.82) is 0 Å². The molecular formula is C22H18ClFO3. The van der Waals surface area contributed by atoms with Gasteiger partial charge in [0, 0.05) is 6.07 Å². The summed E-state index contributed by atoms with van der Waals surface area (Å²) in [7, 11) is 0. The Balaban J connectivity index is 1.85. The van der Waals surface area contributed by atoms with Crippen LogP contribution in [-0.4, -0.2) is 11.7 Å². The van der Waals surface area contributed by atoms with E-state index in [9.17, 15) is 9.18 Å². The van der Waals surface area contributed by atoms with Crippen molar-refractivity contribution < 1.29 is 18.7 Å². The van der Waals surface area contributed by atoms with Crippen molar-refractivity contribution in [3.63, 3.8) is 0 Å². The molecule has 0 saturated carbocycles. The zero-order chi connectivity index (χ0) is 19.1. The molecule has 5 heteroatoms. The minimum atomic E-state index is -0.684. The number of hydrogen-bond donors (Lipinski definition) is 0. The Bertz CT molecular complexity index is 898. The summed E-state index contributed by atoms with van der Waals surface area (Å²) in [5.74, 6) is -0.966. The SMILES string of the molecule is O=C(CCl)c1cc(OCc2ccccc2)c(OCc2ccccc2)cc1F. The second-order valence-corrected chi connectivity index (χ2v) is 6.15. The smallest absolute Gasteiger partial charge is 0.180 e. The molecule has 3 aromatic carbocycles. The molecular weight excluding hydrogens is 367 g/mol. The predicted molar refractivity (Wildman–Crippen MR) is 103 cm³/mol. The second kappa shape index (κ2) is 9.19. The number of hydrogen-bond acceptors (Lipinski definition) is 3. The first-order valence-corrected chi connectivity index (χ1v) is 8.97. The summed E-state index contributed by atoms with van der Waals surface area (Å²) in [4.78, 5) is 11.9. The van der Waals surface area contributed by atoms with Gasteiger partial charge in [0.15, 0.2) is 17.3 Å². The lowest BCUT2D eigenvalue weighted by molar-refractivity contribution is 0.101. The van der Waals surface area contributed by atoms with E-state index in [2.05, 4.69) is 0 Å². The van der Waals surface area contributed by atoms with E-state index in [1.807, 2.05) is 60.7 Å². The van der Waals surface area contributed by atoms with Crippen LogP contribution in [0.2, 0.25) is 0 Å². The summed E-state index contributed by atoms with van der Waals surface area (Å²) in [6.07, 6.45) is 0. The first-order valence-electron chi connectivity index (χ1n) is 8.43. The molecule has 0 aliphatic rings. The number of alkyl halides is 1. The van der Waals surface area contributed by atoms with Crippen LogP contribution in [0.5, 0.6) is 11.5 Å². The van der Waals surface area contributed by atoms with E-state index in [4.69, 9.17) is 21.1 Å². The molecule has 0 radical (unpaired) electrons. The summed E-state index contributed by atoms with van der Waals surface area (Å²) in [5, 5.41) is 0. The van der Waals surface area contributed by atoms with Gasteiger partial charge >= 0.3 is 0 Å². The number of benzene rings is 3. The van der Waals surface area contributed by atoms with Gasteiger partial charge in [-0.05, 0) is 17.2 Å². The average Bonchev–Trinajstić information content (AvgIpc) is 2.72. The van der Waals surface area contributed by atoms with E-state index in [1.54, 1.807) is 0 Å². The Morgan fingerprint density at radius 3 is 1.78 bits per heavy atom. The van der Waals surface area contributed by atoms with Crippen molar-refractivity contribution in [3.05, 3.63) is 95.3 Å². The van der Waals surface area contributed by atoms with Crippen molar-refractivity contribution in [3.8, 4) is 11.5 Å². The predicted octanol–water partition coefficient (Wildman–Crippen LogP) is 5.41. The van der Waals surface area contributed by atoms with Crippen LogP contribution in [0.1, 0.15) is 21.5 Å². The van der Waals surface area contributed by atoms with E-state index in [1.165, 1.54) is 12.1 Å². The highest BCUT2D eigenvalue weighted by molar-refractivity contribution is 6.30. The zero-order valence-electron chi connectivity index (χ0n) is 14.5. The van der Waals surface area contributed by atoms with Gasteiger partial charge in [0.1, 0.15) is 19.0 Å². The lowest BCUT2D eigenvalue weighted by Gasteiger charge is -2.15. The molecule has 3 aromatic rings. The maximum absolute atomic E-state index is 14.3. The number of halogens is 2. The van der Waals surface area contributed by atoms with Crippen molar-refractivity contribution in [2.75, 3.05) is 5.88 Å². The second-order valence-electron chi connectivity index (χ2n) is 5.88. The van der Waals surface area contributed by atoms with Crippen LogP contribution >= 0.6 is 11.6 Å². The molecule has 138 valence electrons. The number of rotatable bonds is 8. The molecule has 0 saturated heterocycles. The van der Waals surface area contributed by atoms with Gasteiger partial charge in [0.25, 0.3) is 0 Å². The van der Waals surface area contributed by atoms with Gasteiger partial charge in [0.05, 0.1) is 11.4 Å². The molecule has 0 atom stereocenters. The van der Waals surface area contributed by atoms with Crippen LogP contribution in [0.15, 0.2) is 72.8 Å². The molecule has 0 aliphatic heterocycles. The van der Waals surface area contributed by atoms with Crippen molar-refractivity contribution >= 4 is 17.4 Å². The van der Waals surface area contributed by atoms with Crippen LogP contribution < -0.4 is 9.47 Å². The normalized spacial score (nSPS) is 10.4. The van der Waals surface area contributed by atoms with Crippen LogP contribution in [0.25, 0.3) is 0 Å². The molecule has 0 spiro atoms. The Morgan fingerprint density at radius 1 is 0.815 bits per heavy atom. The van der Waals surface area contributed by atoms with E-state index < -0.39 is 11.6 Å². The summed E-state index contributed by atoms with van der Waals surface area (Å²) in [6.45, 7) is 0.521. The molecule has 27 heavy (non-hydrogen) atoms. The molecule has 0 aliphatic carbocycles. The molecule has 3 rings (SSSR count).